The lowest BCUT2D eigenvalue weighted by Gasteiger charge is -2.29. The maximum Gasteiger partial charge on any atom is 0.191 e. The van der Waals surface area contributed by atoms with Crippen LogP contribution in [0.2, 0.25) is 0 Å². The van der Waals surface area contributed by atoms with E-state index in [4.69, 9.17) is 0 Å². The Hall–Kier alpha value is -0.0800. The number of guanidine groups is 1. The predicted molar refractivity (Wildman–Crippen MR) is 112 cm³/mol. The fraction of sp³-hybridized carbons (Fsp3) is 0.941. The van der Waals surface area contributed by atoms with Gasteiger partial charge in [-0.05, 0) is 65.3 Å². The van der Waals surface area contributed by atoms with Gasteiger partial charge in [-0.3, -0.25) is 4.99 Å². The van der Waals surface area contributed by atoms with E-state index in [-0.39, 0.29) is 24.0 Å². The number of halogens is 1. The van der Waals surface area contributed by atoms with Crippen molar-refractivity contribution >= 4 is 29.9 Å². The molecule has 138 valence electrons. The van der Waals surface area contributed by atoms with E-state index >= 15 is 0 Å². The Morgan fingerprint density at radius 1 is 1.22 bits per heavy atom. The van der Waals surface area contributed by atoms with Crippen molar-refractivity contribution in [2.75, 3.05) is 59.4 Å². The normalized spacial score (nSPS) is 17.2. The molecule has 0 aromatic rings. The summed E-state index contributed by atoms with van der Waals surface area (Å²) in [7, 11) is 2.14. The van der Waals surface area contributed by atoms with Gasteiger partial charge in [-0.1, -0.05) is 13.8 Å². The van der Waals surface area contributed by atoms with Gasteiger partial charge in [-0.15, -0.1) is 24.0 Å². The van der Waals surface area contributed by atoms with Crippen LogP contribution < -0.4 is 10.6 Å². The molecule has 0 aromatic carbocycles. The van der Waals surface area contributed by atoms with Crippen LogP contribution in [-0.4, -0.2) is 75.2 Å². The summed E-state index contributed by atoms with van der Waals surface area (Å²) < 4.78 is 0. The molecule has 1 aliphatic rings. The van der Waals surface area contributed by atoms with Gasteiger partial charge in [0, 0.05) is 26.2 Å². The monoisotopic (exact) mass is 439 g/mol. The van der Waals surface area contributed by atoms with E-state index in [1.165, 1.54) is 32.5 Å². The summed E-state index contributed by atoms with van der Waals surface area (Å²) in [6, 6.07) is 0. The van der Waals surface area contributed by atoms with Crippen molar-refractivity contribution < 1.29 is 0 Å². The van der Waals surface area contributed by atoms with E-state index in [0.29, 0.717) is 0 Å². The minimum Gasteiger partial charge on any atom is -0.357 e. The van der Waals surface area contributed by atoms with Crippen LogP contribution in [0, 0.1) is 5.92 Å². The first kappa shape index (κ1) is 22.9. The fourth-order valence-electron chi connectivity index (χ4n) is 2.64. The lowest BCUT2D eigenvalue weighted by Crippen LogP contribution is -2.41. The first-order chi connectivity index (χ1) is 10.7. The van der Waals surface area contributed by atoms with Crippen molar-refractivity contribution in [3.63, 3.8) is 0 Å². The average molecular weight is 439 g/mol. The summed E-state index contributed by atoms with van der Waals surface area (Å²) in [6.07, 6.45) is 3.87. The highest BCUT2D eigenvalue weighted by molar-refractivity contribution is 14.0. The van der Waals surface area contributed by atoms with Crippen molar-refractivity contribution in [2.24, 2.45) is 10.9 Å². The van der Waals surface area contributed by atoms with E-state index in [2.05, 4.69) is 53.2 Å². The van der Waals surface area contributed by atoms with Crippen LogP contribution in [0.4, 0.5) is 0 Å². The van der Waals surface area contributed by atoms with Gasteiger partial charge >= 0.3 is 0 Å². The number of likely N-dealkylation sites (N-methyl/N-ethyl adjacent to an activating group) is 1. The van der Waals surface area contributed by atoms with E-state index in [1.807, 2.05) is 0 Å². The summed E-state index contributed by atoms with van der Waals surface area (Å²) >= 11 is 0. The summed E-state index contributed by atoms with van der Waals surface area (Å²) in [4.78, 5) is 9.57. The lowest BCUT2D eigenvalue weighted by atomic mass is 9.99. The van der Waals surface area contributed by atoms with Crippen molar-refractivity contribution in [3.05, 3.63) is 0 Å². The number of hydrogen-bond donors (Lipinski definition) is 2. The van der Waals surface area contributed by atoms with Crippen LogP contribution in [0.1, 0.15) is 40.0 Å². The molecule has 6 heteroatoms. The van der Waals surface area contributed by atoms with Gasteiger partial charge in [0.1, 0.15) is 0 Å². The maximum absolute atomic E-state index is 4.68. The molecule has 2 N–H and O–H groups in total. The molecule has 0 unspecified atom stereocenters. The molecule has 1 rings (SSSR count). The van der Waals surface area contributed by atoms with Crippen LogP contribution in [0.25, 0.3) is 0 Å². The van der Waals surface area contributed by atoms with Crippen LogP contribution >= 0.6 is 24.0 Å². The van der Waals surface area contributed by atoms with Gasteiger partial charge in [-0.25, -0.2) is 0 Å². The van der Waals surface area contributed by atoms with Crippen LogP contribution in [-0.2, 0) is 0 Å². The number of piperidine rings is 1. The van der Waals surface area contributed by atoms with Gasteiger partial charge < -0.3 is 20.4 Å². The number of nitrogens with one attached hydrogen (secondary N) is 2. The zero-order chi connectivity index (χ0) is 16.2. The molecular formula is C17H38IN5. The second kappa shape index (κ2) is 14.3. The highest BCUT2D eigenvalue weighted by Gasteiger charge is 2.14. The molecule has 1 fully saturated rings. The van der Waals surface area contributed by atoms with Gasteiger partial charge in [-0.2, -0.15) is 0 Å². The van der Waals surface area contributed by atoms with Gasteiger partial charge in [0.2, 0.25) is 0 Å². The molecule has 5 nitrogen and oxygen atoms in total. The molecule has 0 radical (unpaired) electrons. The smallest absolute Gasteiger partial charge is 0.191 e. The molecule has 1 heterocycles. The Bertz CT molecular complexity index is 303. The minimum atomic E-state index is 0. The van der Waals surface area contributed by atoms with Gasteiger partial charge in [0.25, 0.3) is 0 Å². The molecule has 0 amide bonds. The third kappa shape index (κ3) is 11.2. The molecule has 0 saturated carbocycles. The predicted octanol–water partition coefficient (Wildman–Crippen LogP) is 2.23. The molecule has 1 saturated heterocycles. The van der Waals surface area contributed by atoms with Gasteiger partial charge in [0.15, 0.2) is 5.96 Å². The third-order valence-corrected chi connectivity index (χ3v) is 4.45. The highest BCUT2D eigenvalue weighted by Crippen LogP contribution is 2.15. The lowest BCUT2D eigenvalue weighted by molar-refractivity contribution is 0.192. The molecule has 0 spiro atoms. The van der Waals surface area contributed by atoms with Gasteiger partial charge in [0.05, 0.1) is 0 Å². The Kier molecular flexibility index (Phi) is 14.2. The molecule has 0 aromatic heterocycles. The second-order valence-electron chi connectivity index (χ2n) is 6.46. The topological polar surface area (TPSA) is 42.9 Å². The highest BCUT2D eigenvalue weighted by atomic mass is 127. The van der Waals surface area contributed by atoms with Crippen LogP contribution in [0.3, 0.4) is 0 Å². The van der Waals surface area contributed by atoms with Crippen LogP contribution in [0.15, 0.2) is 4.99 Å². The number of rotatable bonds is 9. The average Bonchev–Trinajstić information content (AvgIpc) is 2.53. The van der Waals surface area contributed by atoms with Crippen molar-refractivity contribution in [3.8, 4) is 0 Å². The standard InChI is InChI=1S/C17H37N5.HI/c1-5-18-17(20-11-15-21(4)6-2)19-10-7-12-22-13-8-16(3)9-14-22;/h16H,5-15H2,1-4H3,(H2,18,19,20);1H. The Labute approximate surface area is 160 Å². The summed E-state index contributed by atoms with van der Waals surface area (Å²) in [5.74, 6) is 1.87. The molecular weight excluding hydrogens is 401 g/mol. The zero-order valence-electron chi connectivity index (χ0n) is 15.6. The van der Waals surface area contributed by atoms with E-state index in [9.17, 15) is 0 Å². The largest absolute Gasteiger partial charge is 0.357 e. The molecule has 0 aliphatic carbocycles. The number of aliphatic imine (C=N–C) groups is 1. The van der Waals surface area contributed by atoms with Crippen molar-refractivity contribution in [1.29, 1.82) is 0 Å². The summed E-state index contributed by atoms with van der Waals surface area (Å²) in [6.45, 7) is 15.3. The molecule has 23 heavy (non-hydrogen) atoms. The Morgan fingerprint density at radius 3 is 2.52 bits per heavy atom. The fourth-order valence-corrected chi connectivity index (χ4v) is 2.64. The Morgan fingerprint density at radius 2 is 1.91 bits per heavy atom. The number of hydrogen-bond acceptors (Lipinski definition) is 3. The van der Waals surface area contributed by atoms with Crippen molar-refractivity contribution in [2.45, 2.75) is 40.0 Å². The number of nitrogens with zero attached hydrogens (tertiary/aromatic N) is 3. The van der Waals surface area contributed by atoms with E-state index in [1.54, 1.807) is 0 Å². The number of likely N-dealkylation sites (tertiary alicyclic amines) is 1. The SMILES string of the molecule is CCNC(=NCCCN1CCC(C)CC1)NCCN(C)CC.I. The quantitative estimate of drug-likeness (QED) is 0.250. The molecule has 0 bridgehead atoms. The molecule has 1 aliphatic heterocycles. The third-order valence-electron chi connectivity index (χ3n) is 4.45. The van der Waals surface area contributed by atoms with Crippen molar-refractivity contribution in [1.82, 2.24) is 20.4 Å². The maximum atomic E-state index is 4.68. The summed E-state index contributed by atoms with van der Waals surface area (Å²) in [5, 5.41) is 6.74. The van der Waals surface area contributed by atoms with E-state index in [0.717, 1.165) is 51.0 Å². The summed E-state index contributed by atoms with van der Waals surface area (Å²) in [5.41, 5.74) is 0. The Balaban J connectivity index is 0.00000484. The zero-order valence-corrected chi connectivity index (χ0v) is 17.9. The first-order valence-corrected chi connectivity index (χ1v) is 9.08. The molecule has 0 atom stereocenters. The minimum absolute atomic E-state index is 0. The van der Waals surface area contributed by atoms with Crippen LogP contribution in [0.5, 0.6) is 0 Å². The first-order valence-electron chi connectivity index (χ1n) is 9.08. The van der Waals surface area contributed by atoms with E-state index < -0.39 is 0 Å². The second-order valence-corrected chi connectivity index (χ2v) is 6.46.